The van der Waals surface area contributed by atoms with Crippen LogP contribution in [0.2, 0.25) is 0 Å². The summed E-state index contributed by atoms with van der Waals surface area (Å²) in [5.74, 6) is -0.550. The Labute approximate surface area is 146 Å². The van der Waals surface area contributed by atoms with Crippen molar-refractivity contribution in [3.63, 3.8) is 0 Å². The molecule has 0 spiro atoms. The van der Waals surface area contributed by atoms with Gasteiger partial charge in [0.2, 0.25) is 0 Å². The number of hydrazine groups is 1. The molecule has 1 aromatic rings. The fourth-order valence-corrected chi connectivity index (χ4v) is 2.73. The number of rotatable bonds is 6. The Morgan fingerprint density at radius 2 is 1.64 bits per heavy atom. The van der Waals surface area contributed by atoms with Crippen LogP contribution in [0.3, 0.4) is 0 Å². The number of carbonyl (C=O) groups excluding carboxylic acids is 3. The van der Waals surface area contributed by atoms with Crippen LogP contribution in [0.5, 0.6) is 0 Å². The molecule has 1 atom stereocenters. The highest BCUT2D eigenvalue weighted by molar-refractivity contribution is 6.06. The molecule has 0 unspecified atom stereocenters. The molecule has 7 nitrogen and oxygen atoms in total. The number of imide groups is 1. The van der Waals surface area contributed by atoms with Gasteiger partial charge in [0.25, 0.3) is 5.91 Å². The van der Waals surface area contributed by atoms with Crippen LogP contribution in [0.25, 0.3) is 0 Å². The molecule has 7 heteroatoms. The van der Waals surface area contributed by atoms with Crippen molar-refractivity contribution in [2.45, 2.75) is 18.9 Å². The second-order valence-electron chi connectivity index (χ2n) is 5.24. The molecule has 25 heavy (non-hydrogen) atoms. The fourth-order valence-electron chi connectivity index (χ4n) is 2.73. The molecule has 1 aliphatic heterocycles. The molecule has 0 aliphatic carbocycles. The Morgan fingerprint density at radius 1 is 1.08 bits per heavy atom. The molecule has 1 aliphatic rings. The molecule has 2 rings (SSSR count). The molecule has 0 N–H and O–H groups in total. The quantitative estimate of drug-likeness (QED) is 0.742. The zero-order valence-corrected chi connectivity index (χ0v) is 14.0. The second-order valence-corrected chi connectivity index (χ2v) is 5.24. The lowest BCUT2D eigenvalue weighted by atomic mass is 9.81. The van der Waals surface area contributed by atoms with Crippen molar-refractivity contribution in [2.75, 3.05) is 13.2 Å². The van der Waals surface area contributed by atoms with Gasteiger partial charge in [-0.05, 0) is 12.0 Å². The average molecular weight is 344 g/mol. The number of hydrogen-bond acceptors (Lipinski definition) is 5. The number of amides is 3. The number of hydrogen-bond donors (Lipinski definition) is 0. The summed E-state index contributed by atoms with van der Waals surface area (Å²) in [6, 6.07) is 8.76. The van der Waals surface area contributed by atoms with Gasteiger partial charge in [-0.15, -0.1) is 5.01 Å². The SMILES string of the molecule is C=CCOC(=O)N1C(=O)[C@@](CC)(c2ccccc2)N1C(=O)OCC=C. The largest absolute Gasteiger partial charge is 0.444 e. The highest BCUT2D eigenvalue weighted by atomic mass is 16.6. The Kier molecular flexibility index (Phi) is 5.59. The first-order valence-electron chi connectivity index (χ1n) is 7.80. The van der Waals surface area contributed by atoms with E-state index < -0.39 is 23.6 Å². The van der Waals surface area contributed by atoms with Crippen molar-refractivity contribution in [2.24, 2.45) is 0 Å². The van der Waals surface area contributed by atoms with Crippen LogP contribution in [0.1, 0.15) is 18.9 Å². The third-order valence-electron chi connectivity index (χ3n) is 3.87. The summed E-state index contributed by atoms with van der Waals surface area (Å²) in [6.45, 7) is 8.55. The van der Waals surface area contributed by atoms with Crippen LogP contribution in [0, 0.1) is 0 Å². The van der Waals surface area contributed by atoms with E-state index in [-0.39, 0.29) is 19.6 Å². The van der Waals surface area contributed by atoms with E-state index in [1.165, 1.54) is 12.2 Å². The molecule has 3 amide bonds. The Bertz CT molecular complexity index is 688. The summed E-state index contributed by atoms with van der Waals surface area (Å²) >= 11 is 0. The van der Waals surface area contributed by atoms with Gasteiger partial charge < -0.3 is 9.47 Å². The molecular formula is C18H20N2O5. The van der Waals surface area contributed by atoms with Crippen molar-refractivity contribution in [1.29, 1.82) is 0 Å². The van der Waals surface area contributed by atoms with Crippen LogP contribution in [0.15, 0.2) is 55.6 Å². The van der Waals surface area contributed by atoms with E-state index in [0.717, 1.165) is 5.01 Å². The number of nitrogens with zero attached hydrogens (tertiary/aromatic N) is 2. The third kappa shape index (κ3) is 3.00. The predicted molar refractivity (Wildman–Crippen MR) is 90.2 cm³/mol. The summed E-state index contributed by atoms with van der Waals surface area (Å²) in [5, 5.41) is 1.66. The summed E-state index contributed by atoms with van der Waals surface area (Å²) < 4.78 is 9.96. The van der Waals surface area contributed by atoms with Gasteiger partial charge in [-0.25, -0.2) is 9.59 Å². The lowest BCUT2D eigenvalue weighted by Gasteiger charge is -2.54. The maximum atomic E-state index is 12.8. The van der Waals surface area contributed by atoms with Gasteiger partial charge in [0, 0.05) is 0 Å². The van der Waals surface area contributed by atoms with E-state index in [2.05, 4.69) is 13.2 Å². The Hall–Kier alpha value is -3.09. The van der Waals surface area contributed by atoms with Gasteiger partial charge in [0.05, 0.1) is 0 Å². The summed E-state index contributed by atoms with van der Waals surface area (Å²) in [5.41, 5.74) is -0.724. The van der Waals surface area contributed by atoms with Crippen LogP contribution < -0.4 is 0 Å². The maximum Gasteiger partial charge on any atom is 0.436 e. The topological polar surface area (TPSA) is 76.2 Å². The monoisotopic (exact) mass is 344 g/mol. The van der Waals surface area contributed by atoms with Crippen molar-refractivity contribution in [1.82, 2.24) is 10.0 Å². The van der Waals surface area contributed by atoms with Crippen LogP contribution in [0.4, 0.5) is 9.59 Å². The maximum absolute atomic E-state index is 12.8. The van der Waals surface area contributed by atoms with Crippen molar-refractivity contribution < 1.29 is 23.9 Å². The predicted octanol–water partition coefficient (Wildman–Crippen LogP) is 3.00. The number of benzene rings is 1. The molecule has 0 radical (unpaired) electrons. The molecule has 1 saturated heterocycles. The average Bonchev–Trinajstić information content (AvgIpc) is 2.63. The van der Waals surface area contributed by atoms with Crippen LogP contribution >= 0.6 is 0 Å². The summed E-state index contributed by atoms with van der Waals surface area (Å²) in [4.78, 5) is 37.5. The van der Waals surface area contributed by atoms with E-state index in [1.807, 2.05) is 0 Å². The first-order chi connectivity index (χ1) is 12.0. The minimum absolute atomic E-state index is 0.0480. The highest BCUT2D eigenvalue weighted by Gasteiger charge is 2.65. The first kappa shape index (κ1) is 18.3. The smallest absolute Gasteiger partial charge is 0.436 e. The normalized spacial score (nSPS) is 19.0. The van der Waals surface area contributed by atoms with E-state index in [1.54, 1.807) is 37.3 Å². The van der Waals surface area contributed by atoms with Gasteiger partial charge in [0.15, 0.2) is 5.54 Å². The minimum Gasteiger partial charge on any atom is -0.444 e. The molecule has 132 valence electrons. The van der Waals surface area contributed by atoms with E-state index in [4.69, 9.17) is 9.47 Å². The van der Waals surface area contributed by atoms with Crippen LogP contribution in [-0.2, 0) is 19.8 Å². The van der Waals surface area contributed by atoms with Crippen molar-refractivity contribution in [3.8, 4) is 0 Å². The van der Waals surface area contributed by atoms with Gasteiger partial charge >= 0.3 is 12.2 Å². The Balaban J connectivity index is 2.42. The standard InChI is InChI=1S/C18H20N2O5/c1-4-12-24-16(22)19-15(21)18(6-3,14-10-8-7-9-11-14)20(19)17(23)25-13-5-2/h4-5,7-11H,1-2,6,12-13H2,3H3/t18-/m1/s1. The van der Waals surface area contributed by atoms with E-state index >= 15 is 0 Å². The molecule has 0 saturated carbocycles. The lowest BCUT2D eigenvalue weighted by molar-refractivity contribution is -0.202. The number of carbonyl (C=O) groups is 3. The molecule has 1 aromatic carbocycles. The highest BCUT2D eigenvalue weighted by Crippen LogP contribution is 2.44. The van der Waals surface area contributed by atoms with Crippen molar-refractivity contribution >= 4 is 18.1 Å². The molecule has 0 aromatic heterocycles. The van der Waals surface area contributed by atoms with Crippen LogP contribution in [-0.4, -0.2) is 41.3 Å². The fraction of sp³-hybridized carbons (Fsp3) is 0.278. The lowest BCUT2D eigenvalue weighted by Crippen LogP contribution is -2.77. The van der Waals surface area contributed by atoms with E-state index in [0.29, 0.717) is 10.6 Å². The first-order valence-corrected chi connectivity index (χ1v) is 7.80. The zero-order chi connectivity index (χ0) is 18.4. The summed E-state index contributed by atoms with van der Waals surface area (Å²) in [7, 11) is 0. The molecular weight excluding hydrogens is 324 g/mol. The molecule has 1 heterocycles. The molecule has 0 bridgehead atoms. The minimum atomic E-state index is -1.31. The van der Waals surface area contributed by atoms with Gasteiger partial charge in [0.1, 0.15) is 13.2 Å². The molecule has 1 fully saturated rings. The summed E-state index contributed by atoms with van der Waals surface area (Å²) in [6.07, 6.45) is 1.24. The van der Waals surface area contributed by atoms with Gasteiger partial charge in [-0.3, -0.25) is 4.79 Å². The van der Waals surface area contributed by atoms with Gasteiger partial charge in [-0.2, -0.15) is 5.01 Å². The van der Waals surface area contributed by atoms with Crippen molar-refractivity contribution in [3.05, 3.63) is 61.2 Å². The van der Waals surface area contributed by atoms with E-state index in [9.17, 15) is 14.4 Å². The number of ether oxygens (including phenoxy) is 2. The Morgan fingerprint density at radius 3 is 2.16 bits per heavy atom. The third-order valence-corrected chi connectivity index (χ3v) is 3.87. The second kappa shape index (κ2) is 7.65. The zero-order valence-electron chi connectivity index (χ0n) is 14.0. The van der Waals surface area contributed by atoms with Gasteiger partial charge in [-0.1, -0.05) is 62.6 Å².